The van der Waals surface area contributed by atoms with E-state index >= 15 is 0 Å². The molecule has 0 atom stereocenters. The summed E-state index contributed by atoms with van der Waals surface area (Å²) >= 11 is 0. The van der Waals surface area contributed by atoms with Crippen molar-refractivity contribution in [1.82, 2.24) is 9.55 Å². The van der Waals surface area contributed by atoms with E-state index < -0.39 is 0 Å². The third-order valence-electron chi connectivity index (χ3n) is 2.95. The van der Waals surface area contributed by atoms with Crippen LogP contribution in [0.25, 0.3) is 11.0 Å². The summed E-state index contributed by atoms with van der Waals surface area (Å²) < 4.78 is 2.09. The molecule has 0 saturated heterocycles. The first-order valence-electron chi connectivity index (χ1n) is 5.74. The molecule has 0 aliphatic heterocycles. The zero-order valence-electron chi connectivity index (χ0n) is 9.71. The maximum Gasteiger partial charge on any atom is 0.233 e. The van der Waals surface area contributed by atoms with Crippen LogP contribution >= 0.6 is 0 Å². The molecule has 87 valence electrons. The number of hydrogen-bond acceptors (Lipinski definition) is 2. The smallest absolute Gasteiger partial charge is 0.233 e. The van der Waals surface area contributed by atoms with Crippen LogP contribution in [0.15, 0.2) is 54.9 Å². The predicted octanol–water partition coefficient (Wildman–Crippen LogP) is 2.54. The maximum atomic E-state index is 10.5. The Kier molecular flexibility index (Phi) is 2.65. The van der Waals surface area contributed by atoms with Gasteiger partial charge in [0, 0.05) is 12.1 Å². The van der Waals surface area contributed by atoms with Crippen LogP contribution in [-0.2, 0) is 11.3 Å². The Morgan fingerprint density at radius 2 is 1.83 bits per heavy atom. The number of fused-ring (bicyclic) bond motifs is 1. The summed E-state index contributed by atoms with van der Waals surface area (Å²) in [5.74, 6) is 0. The van der Waals surface area contributed by atoms with E-state index in [1.165, 1.54) is 0 Å². The molecule has 0 amide bonds. The van der Waals surface area contributed by atoms with Gasteiger partial charge in [-0.15, -0.1) is 0 Å². The number of hydrogen-bond donors (Lipinski definition) is 0. The molecule has 3 aromatic rings. The second kappa shape index (κ2) is 4.45. The summed E-state index contributed by atoms with van der Waals surface area (Å²) in [5, 5.41) is 0. The van der Waals surface area contributed by atoms with E-state index in [4.69, 9.17) is 0 Å². The van der Waals surface area contributed by atoms with Crippen molar-refractivity contribution in [3.05, 3.63) is 66.0 Å². The highest BCUT2D eigenvalue weighted by molar-refractivity contribution is 5.76. The molecule has 18 heavy (non-hydrogen) atoms. The Morgan fingerprint density at radius 3 is 2.61 bits per heavy atom. The quantitative estimate of drug-likeness (QED) is 0.699. The van der Waals surface area contributed by atoms with Gasteiger partial charge >= 0.3 is 0 Å². The fourth-order valence-electron chi connectivity index (χ4n) is 2.01. The summed E-state index contributed by atoms with van der Waals surface area (Å²) in [5.41, 5.74) is 3.82. The van der Waals surface area contributed by atoms with Crippen LogP contribution < -0.4 is 0 Å². The molecule has 3 rings (SSSR count). The molecule has 1 aromatic heterocycles. The highest BCUT2D eigenvalue weighted by Gasteiger charge is 2.02. The van der Waals surface area contributed by atoms with E-state index in [1.807, 2.05) is 42.9 Å². The monoisotopic (exact) mass is 235 g/mol. The minimum absolute atomic E-state index is 0.578. The molecule has 0 N–H and O–H groups in total. The van der Waals surface area contributed by atoms with Gasteiger partial charge in [0.25, 0.3) is 0 Å². The van der Waals surface area contributed by atoms with Crippen molar-refractivity contribution in [1.29, 1.82) is 0 Å². The summed E-state index contributed by atoms with van der Waals surface area (Å²) in [7, 11) is 0. The second-order valence-electron chi connectivity index (χ2n) is 4.16. The number of para-hydroxylation sites is 2. The maximum absolute atomic E-state index is 10.5. The van der Waals surface area contributed by atoms with Gasteiger partial charge in [0.05, 0.1) is 17.4 Å². The lowest BCUT2D eigenvalue weighted by molar-refractivity contribution is 0.562. The first kappa shape index (κ1) is 10.7. The normalized spacial score (nSPS) is 10.7. The van der Waals surface area contributed by atoms with E-state index in [1.54, 1.807) is 12.1 Å². The summed E-state index contributed by atoms with van der Waals surface area (Å²) in [6.45, 7) is 0.750. The standard InChI is InChI=1S/C15H11N2O/c18-10-13-7-5-12(6-8-13)9-17-11-16-14-3-1-2-4-15(14)17/h1-8,11H,9H2. The lowest BCUT2D eigenvalue weighted by Gasteiger charge is -2.04. The average Bonchev–Trinajstić information content (AvgIpc) is 2.83. The van der Waals surface area contributed by atoms with Crippen LogP contribution in [0, 0.1) is 0 Å². The topological polar surface area (TPSA) is 34.9 Å². The fourth-order valence-corrected chi connectivity index (χ4v) is 2.01. The van der Waals surface area contributed by atoms with Gasteiger partial charge in [0.15, 0.2) is 0 Å². The Balaban J connectivity index is 1.93. The molecule has 0 spiro atoms. The number of nitrogens with zero attached hydrogens (tertiary/aromatic N) is 2. The lowest BCUT2D eigenvalue weighted by atomic mass is 10.1. The summed E-state index contributed by atoms with van der Waals surface area (Å²) in [4.78, 5) is 14.8. The van der Waals surface area contributed by atoms with Gasteiger partial charge in [0.2, 0.25) is 6.29 Å². The summed E-state index contributed by atoms with van der Waals surface area (Å²) in [6.07, 6.45) is 3.71. The summed E-state index contributed by atoms with van der Waals surface area (Å²) in [6, 6.07) is 15.5. The average molecular weight is 235 g/mol. The Hall–Kier alpha value is -2.42. The van der Waals surface area contributed by atoms with Crippen molar-refractivity contribution < 1.29 is 4.79 Å². The van der Waals surface area contributed by atoms with Crippen LogP contribution in [0.3, 0.4) is 0 Å². The third kappa shape index (κ3) is 1.91. The fraction of sp³-hybridized carbons (Fsp3) is 0.0667. The Labute approximate surface area is 105 Å². The van der Waals surface area contributed by atoms with Gasteiger partial charge < -0.3 is 4.57 Å². The zero-order chi connectivity index (χ0) is 12.4. The van der Waals surface area contributed by atoms with Gasteiger partial charge in [-0.05, 0) is 17.7 Å². The second-order valence-corrected chi connectivity index (χ2v) is 4.16. The first-order chi connectivity index (χ1) is 8.86. The highest BCUT2D eigenvalue weighted by atomic mass is 16.1. The van der Waals surface area contributed by atoms with Gasteiger partial charge in [-0.25, -0.2) is 4.98 Å². The van der Waals surface area contributed by atoms with Crippen LogP contribution in [-0.4, -0.2) is 15.8 Å². The Bertz CT molecular complexity index is 683. The molecule has 3 heteroatoms. The van der Waals surface area contributed by atoms with Crippen LogP contribution in [0.1, 0.15) is 11.1 Å². The van der Waals surface area contributed by atoms with Crippen LogP contribution in [0.4, 0.5) is 0 Å². The molecule has 1 heterocycles. The third-order valence-corrected chi connectivity index (χ3v) is 2.95. The molecule has 0 saturated carbocycles. The molecule has 1 radical (unpaired) electrons. The van der Waals surface area contributed by atoms with Crippen LogP contribution in [0.2, 0.25) is 0 Å². The van der Waals surface area contributed by atoms with Gasteiger partial charge in [-0.1, -0.05) is 36.4 Å². The number of benzene rings is 2. The zero-order valence-corrected chi connectivity index (χ0v) is 9.71. The lowest BCUT2D eigenvalue weighted by Crippen LogP contribution is -1.97. The van der Waals surface area contributed by atoms with Gasteiger partial charge in [-0.3, -0.25) is 4.79 Å². The molecule has 2 aromatic carbocycles. The predicted molar refractivity (Wildman–Crippen MR) is 70.1 cm³/mol. The minimum Gasteiger partial charge on any atom is -0.326 e. The van der Waals surface area contributed by atoms with E-state index in [-0.39, 0.29) is 0 Å². The van der Waals surface area contributed by atoms with Crippen LogP contribution in [0.5, 0.6) is 0 Å². The SMILES string of the molecule is O=[C]c1ccc(Cn2cnc3ccccc32)cc1. The molecular weight excluding hydrogens is 224 g/mol. The Morgan fingerprint density at radius 1 is 1.06 bits per heavy atom. The highest BCUT2D eigenvalue weighted by Crippen LogP contribution is 2.14. The van der Waals surface area contributed by atoms with E-state index in [0.717, 1.165) is 23.1 Å². The van der Waals surface area contributed by atoms with E-state index in [9.17, 15) is 4.79 Å². The largest absolute Gasteiger partial charge is 0.326 e. The number of carbonyl (C=O) groups excluding carboxylic acids is 1. The number of aromatic nitrogens is 2. The molecule has 0 aliphatic rings. The molecule has 0 bridgehead atoms. The number of rotatable bonds is 3. The van der Waals surface area contributed by atoms with E-state index in [2.05, 4.69) is 15.6 Å². The van der Waals surface area contributed by atoms with Crippen molar-refractivity contribution in [3.8, 4) is 0 Å². The van der Waals surface area contributed by atoms with Crippen molar-refractivity contribution in [3.63, 3.8) is 0 Å². The molecule has 0 aliphatic carbocycles. The minimum atomic E-state index is 0.578. The van der Waals surface area contributed by atoms with Crippen molar-refractivity contribution in [2.75, 3.05) is 0 Å². The molecule has 0 unspecified atom stereocenters. The molecule has 0 fully saturated rings. The van der Waals surface area contributed by atoms with Gasteiger partial charge in [0.1, 0.15) is 0 Å². The van der Waals surface area contributed by atoms with Crippen molar-refractivity contribution in [2.24, 2.45) is 0 Å². The molecule has 3 nitrogen and oxygen atoms in total. The van der Waals surface area contributed by atoms with E-state index in [0.29, 0.717) is 5.56 Å². The van der Waals surface area contributed by atoms with Crippen molar-refractivity contribution >= 4 is 17.3 Å². The van der Waals surface area contributed by atoms with Gasteiger partial charge in [-0.2, -0.15) is 0 Å². The first-order valence-corrected chi connectivity index (χ1v) is 5.74. The van der Waals surface area contributed by atoms with Crippen molar-refractivity contribution in [2.45, 2.75) is 6.54 Å². The number of imidazole rings is 1. The molecular formula is C15H11N2O.